The summed E-state index contributed by atoms with van der Waals surface area (Å²) in [5.41, 5.74) is 34.3. The van der Waals surface area contributed by atoms with Crippen LogP contribution in [0, 0.1) is 5.92 Å². The minimum atomic E-state index is -1.65. The molecule has 10 amide bonds. The van der Waals surface area contributed by atoms with Gasteiger partial charge in [0.25, 0.3) is 0 Å². The first-order chi connectivity index (χ1) is 38.4. The summed E-state index contributed by atoms with van der Waals surface area (Å²) in [5, 5.41) is 16.0. The summed E-state index contributed by atoms with van der Waals surface area (Å²) in [6, 6.07) is 5.72. The third-order valence-electron chi connectivity index (χ3n) is 13.3. The number of primary amides is 2. The number of hydrogen-bond acceptors (Lipinski definition) is 13. The Morgan fingerprint density at radius 3 is 1.72 bits per heavy atom. The van der Waals surface area contributed by atoms with E-state index in [1.807, 2.05) is 6.92 Å². The highest BCUT2D eigenvalue weighted by Gasteiger charge is 2.41. The van der Waals surface area contributed by atoms with Crippen LogP contribution in [0.5, 0.6) is 5.75 Å². The first kappa shape index (κ1) is 66.8. The molecule has 18 N–H and O–H groups in total. The minimum absolute atomic E-state index is 0.00804. The lowest BCUT2D eigenvalue weighted by molar-refractivity contribution is -0.145. The van der Waals surface area contributed by atoms with Crippen LogP contribution >= 0.6 is 0 Å². The number of benzene rings is 2. The minimum Gasteiger partial charge on any atom is -0.494 e. The highest BCUT2D eigenvalue weighted by atomic mass is 16.5. The molecule has 3 rings (SSSR count). The molecular weight excluding hydrogens is 1050 g/mol. The number of rotatable bonds is 34. The van der Waals surface area contributed by atoms with E-state index in [1.54, 1.807) is 82.3 Å². The number of likely N-dealkylation sites (tertiary alicyclic amines) is 1. The van der Waals surface area contributed by atoms with Gasteiger partial charge in [-0.2, -0.15) is 0 Å². The highest BCUT2D eigenvalue weighted by Crippen LogP contribution is 2.21. The zero-order valence-corrected chi connectivity index (χ0v) is 47.2. The number of nitrogens with zero attached hydrogens (tertiary/aromatic N) is 4. The largest absolute Gasteiger partial charge is 0.494 e. The fourth-order valence-corrected chi connectivity index (χ4v) is 9.14. The van der Waals surface area contributed by atoms with Crippen LogP contribution in [0.3, 0.4) is 0 Å². The van der Waals surface area contributed by atoms with Gasteiger partial charge < -0.3 is 80.8 Å². The van der Waals surface area contributed by atoms with E-state index >= 15 is 0 Å². The SMILES string of the molecule is CCOc1ccc(C[C@@H](NC(=O)CC)C(=O)N[C@@H](Cc2ccccc2)C(=O)N(C)[C@H](C(=O)N[C@@H](CC(N)=O)C(=O)N[C@@H](CC)C(=O)N2CCC[C@H]2C(=O)N[C@@H](CCCN=C(N)N)C(=O)N[C@@H](CCCN=C(N)N)C(N)=O)C(C)C)cc1. The molecule has 81 heavy (non-hydrogen) atoms. The quantitative estimate of drug-likeness (QED) is 0.0197. The number of guanidine groups is 2. The van der Waals surface area contributed by atoms with Crippen LogP contribution in [0.15, 0.2) is 64.6 Å². The molecule has 0 saturated carbocycles. The lowest BCUT2D eigenvalue weighted by Crippen LogP contribution is -2.61. The Labute approximate surface area is 472 Å². The average Bonchev–Trinajstić information content (AvgIpc) is 3.92. The molecule has 1 heterocycles. The summed E-state index contributed by atoms with van der Waals surface area (Å²) >= 11 is 0. The van der Waals surface area contributed by atoms with Crippen molar-refractivity contribution >= 4 is 71.0 Å². The molecule has 1 fully saturated rings. The smallest absolute Gasteiger partial charge is 0.245 e. The number of carbonyl (C=O) groups excluding carboxylic acids is 10. The Hall–Kier alpha value is -8.52. The van der Waals surface area contributed by atoms with Crippen LogP contribution in [0.25, 0.3) is 0 Å². The van der Waals surface area contributed by atoms with Crippen molar-refractivity contribution in [2.75, 3.05) is 33.3 Å². The van der Waals surface area contributed by atoms with Gasteiger partial charge in [-0.25, -0.2) is 0 Å². The van der Waals surface area contributed by atoms with Gasteiger partial charge in [0, 0.05) is 45.9 Å². The summed E-state index contributed by atoms with van der Waals surface area (Å²) in [4.78, 5) is 147. The second kappa shape index (κ2) is 33.8. The Bertz CT molecular complexity index is 2520. The third kappa shape index (κ3) is 22.3. The molecule has 8 atom stereocenters. The molecule has 0 aliphatic carbocycles. The monoisotopic (exact) mass is 1130 g/mol. The van der Waals surface area contributed by atoms with Crippen LogP contribution in [0.1, 0.15) is 104 Å². The molecule has 2 aromatic rings. The van der Waals surface area contributed by atoms with E-state index < -0.39 is 120 Å². The molecule has 0 aromatic heterocycles. The number of nitrogens with two attached hydrogens (primary N) is 6. The molecule has 27 nitrogen and oxygen atoms in total. The Kier molecular flexibility index (Phi) is 27.9. The van der Waals surface area contributed by atoms with E-state index in [-0.39, 0.29) is 89.3 Å². The number of nitrogens with one attached hydrogen (secondary N) is 6. The molecule has 1 aliphatic heterocycles. The van der Waals surface area contributed by atoms with Crippen molar-refractivity contribution in [3.05, 3.63) is 65.7 Å². The van der Waals surface area contributed by atoms with Crippen molar-refractivity contribution in [2.45, 2.75) is 154 Å². The number of hydrogen-bond donors (Lipinski definition) is 12. The van der Waals surface area contributed by atoms with Gasteiger partial charge in [0.1, 0.15) is 54.1 Å². The average molecular weight is 1130 g/mol. The van der Waals surface area contributed by atoms with Crippen molar-refractivity contribution in [3.63, 3.8) is 0 Å². The molecule has 27 heteroatoms. The number of amides is 10. The fourth-order valence-electron chi connectivity index (χ4n) is 9.14. The summed E-state index contributed by atoms with van der Waals surface area (Å²) in [7, 11) is 1.36. The maximum absolute atomic E-state index is 14.7. The zero-order chi connectivity index (χ0) is 60.3. The van der Waals surface area contributed by atoms with Gasteiger partial charge >= 0.3 is 0 Å². The van der Waals surface area contributed by atoms with Gasteiger partial charge in [0.05, 0.1) is 13.0 Å². The highest BCUT2D eigenvalue weighted by molar-refractivity contribution is 5.99. The van der Waals surface area contributed by atoms with Crippen molar-refractivity contribution in [3.8, 4) is 5.75 Å². The van der Waals surface area contributed by atoms with Crippen LogP contribution in [0.4, 0.5) is 0 Å². The fraction of sp³-hybridized carbons (Fsp3) is 0.556. The molecule has 0 spiro atoms. The molecule has 1 saturated heterocycles. The van der Waals surface area contributed by atoms with E-state index in [0.29, 0.717) is 29.9 Å². The van der Waals surface area contributed by atoms with Gasteiger partial charge in [0.2, 0.25) is 59.1 Å². The van der Waals surface area contributed by atoms with Crippen LogP contribution < -0.4 is 71.0 Å². The maximum atomic E-state index is 14.7. The first-order valence-corrected chi connectivity index (χ1v) is 27.2. The van der Waals surface area contributed by atoms with Crippen LogP contribution in [0.2, 0.25) is 0 Å². The molecular formula is C54H84N16O11. The topological polar surface area (TPSA) is 439 Å². The normalized spacial score (nSPS) is 15.4. The van der Waals surface area contributed by atoms with Crippen molar-refractivity contribution in [1.82, 2.24) is 41.7 Å². The second-order valence-electron chi connectivity index (χ2n) is 20.0. The predicted molar refractivity (Wildman–Crippen MR) is 303 cm³/mol. The predicted octanol–water partition coefficient (Wildman–Crippen LogP) is -2.46. The van der Waals surface area contributed by atoms with Gasteiger partial charge in [-0.15, -0.1) is 0 Å². The lowest BCUT2D eigenvalue weighted by atomic mass is 9.98. The van der Waals surface area contributed by atoms with Crippen molar-refractivity contribution in [1.29, 1.82) is 0 Å². The third-order valence-corrected chi connectivity index (χ3v) is 13.3. The number of carbonyl (C=O) groups is 10. The van der Waals surface area contributed by atoms with E-state index in [4.69, 9.17) is 39.1 Å². The molecule has 0 bridgehead atoms. The van der Waals surface area contributed by atoms with E-state index in [0.717, 1.165) is 4.90 Å². The first-order valence-electron chi connectivity index (χ1n) is 27.2. The number of likely N-dealkylation sites (N-methyl/N-ethyl adjacent to an activating group) is 1. The zero-order valence-electron chi connectivity index (χ0n) is 47.2. The lowest BCUT2D eigenvalue weighted by Gasteiger charge is -2.34. The number of ether oxygens (including phenoxy) is 1. The summed E-state index contributed by atoms with van der Waals surface area (Å²) in [6.07, 6.45) is 0.539. The standard InChI is InChI=1S/C54H84N16O11/c1-7-35(52(80)70-27-15-20-41(70)49(77)66-37(19-14-26-62-54(59)60)46(74)65-36(45(56)73)18-13-25-61-53(57)58)64-48(76)39(30-42(55)71)67-50(78)44(31(4)5)69(6)51(79)40(29-32-16-11-10-12-17-32)68-47(75)38(63-43(72)8-2)28-33-21-23-34(24-22-33)81-9-3/h10-12,16-17,21-24,31,35-41,44H,7-9,13-15,18-20,25-30H2,1-6H3,(H2,55,71)(H2,56,73)(H,63,72)(H,64,76)(H,65,74)(H,66,77)(H,67,78)(H,68,75)(H4,57,58,61)(H4,59,60,62)/t35-,36-,37-,38+,39-,40-,41-,44-/m0/s1. The van der Waals surface area contributed by atoms with E-state index in [1.165, 1.54) is 11.9 Å². The molecule has 0 radical (unpaired) electrons. The van der Waals surface area contributed by atoms with Gasteiger partial charge in [-0.1, -0.05) is 70.2 Å². The summed E-state index contributed by atoms with van der Waals surface area (Å²) < 4.78 is 5.55. The molecule has 446 valence electrons. The van der Waals surface area contributed by atoms with Crippen LogP contribution in [-0.4, -0.2) is 162 Å². The Morgan fingerprint density at radius 2 is 1.17 bits per heavy atom. The Morgan fingerprint density at radius 1 is 0.642 bits per heavy atom. The van der Waals surface area contributed by atoms with E-state index in [9.17, 15) is 47.9 Å². The van der Waals surface area contributed by atoms with Gasteiger partial charge in [-0.3, -0.25) is 57.9 Å². The molecule has 2 aromatic carbocycles. The van der Waals surface area contributed by atoms with Gasteiger partial charge in [-0.05, 0) is 81.0 Å². The van der Waals surface area contributed by atoms with Crippen molar-refractivity contribution in [2.24, 2.45) is 50.3 Å². The Balaban J connectivity index is 1.85. The van der Waals surface area contributed by atoms with Crippen molar-refractivity contribution < 1.29 is 52.7 Å². The molecule has 1 aliphatic rings. The van der Waals surface area contributed by atoms with Crippen LogP contribution in [-0.2, 0) is 60.8 Å². The summed E-state index contributed by atoms with van der Waals surface area (Å²) in [5.74, 6) is -7.90. The van der Waals surface area contributed by atoms with Gasteiger partial charge in [0.15, 0.2) is 11.9 Å². The van der Waals surface area contributed by atoms with E-state index in [2.05, 4.69) is 41.9 Å². The maximum Gasteiger partial charge on any atom is 0.245 e. The second-order valence-corrected chi connectivity index (χ2v) is 20.0. The molecule has 0 unspecified atom stereocenters. The summed E-state index contributed by atoms with van der Waals surface area (Å²) in [6.45, 7) is 9.19. The number of aliphatic imine (C=N–C) groups is 2.